The Balaban J connectivity index is 1.35. The first-order valence-corrected chi connectivity index (χ1v) is 11.9. The highest BCUT2D eigenvalue weighted by atomic mass is 32.2. The lowest BCUT2D eigenvalue weighted by Gasteiger charge is -2.41. The topological polar surface area (TPSA) is 54.3 Å². The van der Waals surface area contributed by atoms with Gasteiger partial charge < -0.3 is 0 Å². The number of thioether (sulfide) groups is 1. The maximum Gasteiger partial charge on any atom is 0.264 e. The molecule has 3 aromatic rings. The smallest absolute Gasteiger partial charge is 0.264 e. The molecule has 1 aromatic heterocycles. The maximum absolute atomic E-state index is 13.6. The summed E-state index contributed by atoms with van der Waals surface area (Å²) in [6.45, 7) is 6.42. The second kappa shape index (κ2) is 9.13. The highest BCUT2D eigenvalue weighted by Gasteiger charge is 2.43. The fraction of sp³-hybridized carbons (Fsp3) is 0.375. The van der Waals surface area contributed by atoms with Crippen molar-refractivity contribution in [3.63, 3.8) is 0 Å². The Bertz CT molecular complexity index is 1080. The average molecular weight is 452 g/mol. The van der Waals surface area contributed by atoms with Crippen molar-refractivity contribution in [1.82, 2.24) is 24.6 Å². The number of aryl methyl sites for hydroxylation is 1. The van der Waals surface area contributed by atoms with Crippen LogP contribution in [0.3, 0.4) is 0 Å². The molecule has 2 aromatic carbocycles. The van der Waals surface area contributed by atoms with E-state index in [0.717, 1.165) is 38.3 Å². The van der Waals surface area contributed by atoms with E-state index in [9.17, 15) is 9.18 Å². The Kier molecular flexibility index (Phi) is 6.08. The summed E-state index contributed by atoms with van der Waals surface area (Å²) in [4.78, 5) is 22.6. The van der Waals surface area contributed by atoms with E-state index in [2.05, 4.69) is 44.1 Å². The third kappa shape index (κ3) is 4.22. The van der Waals surface area contributed by atoms with E-state index in [1.807, 2.05) is 13.0 Å². The van der Waals surface area contributed by atoms with Gasteiger partial charge in [0.15, 0.2) is 11.0 Å². The van der Waals surface area contributed by atoms with Crippen molar-refractivity contribution >= 4 is 17.7 Å². The standard InChI is InChI=1S/C24H26FN5OS/c1-2-20-26-24-30(27-20)23(31)22(32-24)21(18-8-10-19(25)11-9-18)29-14-12-28(13-15-29)16-17-6-4-3-5-7-17/h3-11,21-22H,2,12-16H2,1H3. The quantitative estimate of drug-likeness (QED) is 0.570. The second-order valence-corrected chi connectivity index (χ2v) is 9.36. The van der Waals surface area contributed by atoms with E-state index < -0.39 is 0 Å². The molecule has 3 heterocycles. The summed E-state index contributed by atoms with van der Waals surface area (Å²) < 4.78 is 15.1. The lowest BCUT2D eigenvalue weighted by atomic mass is 10.00. The summed E-state index contributed by atoms with van der Waals surface area (Å²) in [5.74, 6) is 0.373. The third-order valence-corrected chi connectivity index (χ3v) is 7.36. The minimum absolute atomic E-state index is 0.0433. The Morgan fingerprint density at radius 2 is 1.78 bits per heavy atom. The number of fused-ring (bicyclic) bond motifs is 1. The van der Waals surface area contributed by atoms with Crippen molar-refractivity contribution in [2.75, 3.05) is 26.2 Å². The lowest BCUT2D eigenvalue weighted by molar-refractivity contribution is 0.0715. The van der Waals surface area contributed by atoms with Crippen LogP contribution in [0.2, 0.25) is 0 Å². The molecule has 32 heavy (non-hydrogen) atoms. The number of halogens is 1. The van der Waals surface area contributed by atoms with Gasteiger partial charge in [-0.1, -0.05) is 61.2 Å². The summed E-state index contributed by atoms with van der Waals surface area (Å²) in [6.07, 6.45) is 0.698. The van der Waals surface area contributed by atoms with Crippen molar-refractivity contribution in [3.8, 4) is 0 Å². The van der Waals surface area contributed by atoms with Gasteiger partial charge in [-0.2, -0.15) is 4.68 Å². The molecule has 2 unspecified atom stereocenters. The molecule has 0 amide bonds. The number of aromatic nitrogens is 3. The van der Waals surface area contributed by atoms with E-state index in [1.165, 1.54) is 34.1 Å². The SMILES string of the molecule is CCc1nc2n(n1)C(=O)C(C(c1ccc(F)cc1)N1CCN(Cc3ccccc3)CC1)S2. The van der Waals surface area contributed by atoms with Gasteiger partial charge in [-0.25, -0.2) is 9.37 Å². The van der Waals surface area contributed by atoms with Crippen molar-refractivity contribution in [3.05, 3.63) is 77.4 Å². The molecule has 0 N–H and O–H groups in total. The van der Waals surface area contributed by atoms with E-state index in [1.54, 1.807) is 12.1 Å². The van der Waals surface area contributed by atoms with Gasteiger partial charge in [0.25, 0.3) is 5.91 Å². The third-order valence-electron chi connectivity index (χ3n) is 6.17. The van der Waals surface area contributed by atoms with Gasteiger partial charge in [0, 0.05) is 39.1 Å². The number of carbonyl (C=O) groups is 1. The number of piperazine rings is 1. The minimum atomic E-state index is -0.345. The molecule has 1 fully saturated rings. The van der Waals surface area contributed by atoms with Crippen molar-refractivity contribution < 1.29 is 9.18 Å². The Hall–Kier alpha value is -2.55. The average Bonchev–Trinajstić information content (AvgIpc) is 3.36. The van der Waals surface area contributed by atoms with Crippen LogP contribution in [0.25, 0.3) is 0 Å². The largest absolute Gasteiger partial charge is 0.297 e. The fourth-order valence-corrected chi connectivity index (χ4v) is 5.74. The van der Waals surface area contributed by atoms with Crippen LogP contribution in [0.15, 0.2) is 59.8 Å². The van der Waals surface area contributed by atoms with Gasteiger partial charge in [-0.15, -0.1) is 5.10 Å². The fourth-order valence-electron chi connectivity index (χ4n) is 4.47. The molecule has 166 valence electrons. The van der Waals surface area contributed by atoms with E-state index in [4.69, 9.17) is 0 Å². The first kappa shape index (κ1) is 21.3. The van der Waals surface area contributed by atoms with Crippen LogP contribution in [0.5, 0.6) is 0 Å². The second-order valence-electron chi connectivity index (χ2n) is 8.25. The highest BCUT2D eigenvalue weighted by molar-refractivity contribution is 8.00. The first-order valence-electron chi connectivity index (χ1n) is 11.0. The van der Waals surface area contributed by atoms with Crippen LogP contribution in [0.1, 0.15) is 34.7 Å². The Labute approximate surface area is 191 Å². The summed E-state index contributed by atoms with van der Waals surface area (Å²) >= 11 is 1.48. The van der Waals surface area contributed by atoms with Crippen LogP contribution in [0.4, 0.5) is 4.39 Å². The summed E-state index contributed by atoms with van der Waals surface area (Å²) in [6, 6.07) is 16.9. The van der Waals surface area contributed by atoms with Crippen molar-refractivity contribution in [1.29, 1.82) is 0 Å². The molecular formula is C24H26FN5OS. The Morgan fingerprint density at radius 1 is 1.06 bits per heavy atom. The number of carbonyl (C=O) groups excluding carboxylic acids is 1. The molecule has 2 aliphatic heterocycles. The van der Waals surface area contributed by atoms with Crippen LogP contribution in [-0.4, -0.2) is 61.9 Å². The molecular weight excluding hydrogens is 425 g/mol. The monoisotopic (exact) mass is 451 g/mol. The summed E-state index contributed by atoms with van der Waals surface area (Å²) in [7, 11) is 0. The van der Waals surface area contributed by atoms with Gasteiger partial charge in [-0.3, -0.25) is 14.6 Å². The molecule has 8 heteroatoms. The molecule has 1 saturated heterocycles. The molecule has 2 aliphatic rings. The van der Waals surface area contributed by atoms with Crippen LogP contribution in [-0.2, 0) is 13.0 Å². The molecule has 0 bridgehead atoms. The molecule has 5 rings (SSSR count). The van der Waals surface area contributed by atoms with Gasteiger partial charge in [0.2, 0.25) is 0 Å². The summed E-state index contributed by atoms with van der Waals surface area (Å²) in [5.41, 5.74) is 2.26. The molecule has 0 saturated carbocycles. The van der Waals surface area contributed by atoms with Crippen molar-refractivity contribution in [2.24, 2.45) is 0 Å². The number of nitrogens with zero attached hydrogens (tertiary/aromatic N) is 5. The lowest BCUT2D eigenvalue weighted by Crippen LogP contribution is -2.50. The summed E-state index contributed by atoms with van der Waals surface area (Å²) in [5, 5.41) is 4.70. The van der Waals surface area contributed by atoms with Gasteiger partial charge >= 0.3 is 0 Å². The predicted octanol–water partition coefficient (Wildman–Crippen LogP) is 3.65. The van der Waals surface area contributed by atoms with Gasteiger partial charge in [-0.05, 0) is 23.3 Å². The van der Waals surface area contributed by atoms with Gasteiger partial charge in [0.1, 0.15) is 11.1 Å². The molecule has 0 aliphatic carbocycles. The van der Waals surface area contributed by atoms with Crippen LogP contribution >= 0.6 is 11.8 Å². The predicted molar refractivity (Wildman–Crippen MR) is 122 cm³/mol. The number of rotatable bonds is 6. The maximum atomic E-state index is 13.6. The van der Waals surface area contributed by atoms with E-state index in [0.29, 0.717) is 17.4 Å². The van der Waals surface area contributed by atoms with Crippen LogP contribution in [0, 0.1) is 5.82 Å². The number of benzene rings is 2. The molecule has 2 atom stereocenters. The number of hydrogen-bond acceptors (Lipinski definition) is 6. The van der Waals surface area contributed by atoms with Crippen LogP contribution < -0.4 is 0 Å². The minimum Gasteiger partial charge on any atom is -0.297 e. The zero-order valence-electron chi connectivity index (χ0n) is 18.0. The molecule has 6 nitrogen and oxygen atoms in total. The molecule has 0 spiro atoms. The Morgan fingerprint density at radius 3 is 2.44 bits per heavy atom. The normalized spacial score (nSPS) is 20.4. The first-order chi connectivity index (χ1) is 15.6. The van der Waals surface area contributed by atoms with Gasteiger partial charge in [0.05, 0.1) is 6.04 Å². The zero-order chi connectivity index (χ0) is 22.1. The number of hydrogen-bond donors (Lipinski definition) is 0. The molecule has 0 radical (unpaired) electrons. The van der Waals surface area contributed by atoms with E-state index in [-0.39, 0.29) is 23.0 Å². The highest BCUT2D eigenvalue weighted by Crippen LogP contribution is 2.41. The van der Waals surface area contributed by atoms with E-state index >= 15 is 0 Å². The van der Waals surface area contributed by atoms with Crippen molar-refractivity contribution in [2.45, 2.75) is 36.3 Å². The zero-order valence-corrected chi connectivity index (χ0v) is 18.8.